The highest BCUT2D eigenvalue weighted by atomic mass is 16.3. The summed E-state index contributed by atoms with van der Waals surface area (Å²) in [5.41, 5.74) is 13.4. The molecule has 5 heteroatoms. The third kappa shape index (κ3) is 3.71. The Balaban J connectivity index is 1.19. The lowest BCUT2D eigenvalue weighted by Crippen LogP contribution is -2.16. The quantitative estimate of drug-likeness (QED) is 0.177. The zero-order chi connectivity index (χ0) is 27.5. The van der Waals surface area contributed by atoms with Crippen molar-refractivity contribution >= 4 is 66.3 Å². The molecule has 5 nitrogen and oxygen atoms in total. The van der Waals surface area contributed by atoms with Crippen molar-refractivity contribution in [1.82, 2.24) is 0 Å². The second-order valence-corrected chi connectivity index (χ2v) is 10.2. The van der Waals surface area contributed by atoms with Gasteiger partial charge in [-0.2, -0.15) is 0 Å². The highest BCUT2D eigenvalue weighted by Crippen LogP contribution is 2.36. The Hall–Kier alpha value is -5.68. The average Bonchev–Trinajstić information content (AvgIpc) is 3.59. The van der Waals surface area contributed by atoms with E-state index >= 15 is 0 Å². The molecule has 0 aliphatic heterocycles. The van der Waals surface area contributed by atoms with Gasteiger partial charge >= 0.3 is 0 Å². The molecule has 2 aromatic heterocycles. The summed E-state index contributed by atoms with van der Waals surface area (Å²) in [5.74, 6) is 0.365. The Bertz CT molecular complexity index is 2340. The van der Waals surface area contributed by atoms with E-state index in [-0.39, 0.29) is 11.7 Å². The van der Waals surface area contributed by atoms with Gasteiger partial charge in [0.1, 0.15) is 28.2 Å². The minimum atomic E-state index is 0.0951. The number of fused-ring (bicyclic) bond motifs is 8. The summed E-state index contributed by atoms with van der Waals surface area (Å²) in [6, 6.07) is 40.2. The lowest BCUT2D eigenvalue weighted by molar-refractivity contribution is 0.668. The summed E-state index contributed by atoms with van der Waals surface area (Å²) in [7, 11) is 0. The van der Waals surface area contributed by atoms with Gasteiger partial charge in [-0.15, -0.1) is 0 Å². The van der Waals surface area contributed by atoms with Crippen molar-refractivity contribution in [3.8, 4) is 11.1 Å². The van der Waals surface area contributed by atoms with Gasteiger partial charge in [-0.1, -0.05) is 84.9 Å². The van der Waals surface area contributed by atoms with Gasteiger partial charge in [-0.25, -0.2) is 4.99 Å². The molecule has 0 saturated heterocycles. The van der Waals surface area contributed by atoms with Crippen LogP contribution in [0.4, 0.5) is 0 Å². The van der Waals surface area contributed by atoms with Crippen molar-refractivity contribution in [3.63, 3.8) is 0 Å². The van der Waals surface area contributed by atoms with Crippen LogP contribution in [0.2, 0.25) is 0 Å². The molecule has 8 rings (SSSR count). The van der Waals surface area contributed by atoms with Crippen LogP contribution >= 0.6 is 0 Å². The van der Waals surface area contributed by atoms with E-state index in [0.717, 1.165) is 71.3 Å². The first-order valence-corrected chi connectivity index (χ1v) is 13.4. The van der Waals surface area contributed by atoms with Gasteiger partial charge in [0.15, 0.2) is 5.84 Å². The number of aliphatic imine (C=N–C) groups is 1. The third-order valence-corrected chi connectivity index (χ3v) is 7.74. The number of hydrogen-bond acceptors (Lipinski definition) is 3. The summed E-state index contributed by atoms with van der Waals surface area (Å²) < 4.78 is 12.3. The summed E-state index contributed by atoms with van der Waals surface area (Å²) >= 11 is 0. The van der Waals surface area contributed by atoms with Crippen molar-refractivity contribution in [1.29, 1.82) is 5.41 Å². The second-order valence-electron chi connectivity index (χ2n) is 10.2. The number of amidine groups is 2. The fraction of sp³-hybridized carbons (Fsp3) is 0. The normalized spacial score (nSPS) is 12.2. The Morgan fingerprint density at radius 1 is 0.561 bits per heavy atom. The summed E-state index contributed by atoms with van der Waals surface area (Å²) in [5, 5.41) is 14.9. The Labute approximate surface area is 234 Å². The molecule has 0 aliphatic rings. The van der Waals surface area contributed by atoms with Crippen LogP contribution in [0.3, 0.4) is 0 Å². The smallest absolute Gasteiger partial charge is 0.154 e. The van der Waals surface area contributed by atoms with Gasteiger partial charge in [0.25, 0.3) is 0 Å². The van der Waals surface area contributed by atoms with E-state index in [1.807, 2.05) is 84.9 Å². The van der Waals surface area contributed by atoms with Crippen LogP contribution in [0.15, 0.2) is 135 Å². The van der Waals surface area contributed by atoms with Crippen LogP contribution in [0, 0.1) is 5.41 Å². The summed E-state index contributed by atoms with van der Waals surface area (Å²) in [6.45, 7) is 0. The van der Waals surface area contributed by atoms with E-state index in [1.165, 1.54) is 0 Å². The topological polar surface area (TPSA) is 88.5 Å². The van der Waals surface area contributed by atoms with Gasteiger partial charge in [-0.3, -0.25) is 5.41 Å². The number of para-hydroxylation sites is 1. The number of nitrogens with two attached hydrogens (primary N) is 1. The largest absolute Gasteiger partial charge is 0.456 e. The number of hydrogen-bond donors (Lipinski definition) is 2. The lowest BCUT2D eigenvalue weighted by atomic mass is 10.0. The maximum absolute atomic E-state index is 8.80. The Kier molecular flexibility index (Phi) is 5.06. The number of nitrogens with one attached hydrogen (secondary N) is 1. The van der Waals surface area contributed by atoms with Gasteiger partial charge in [0, 0.05) is 32.7 Å². The molecule has 0 spiro atoms. The van der Waals surface area contributed by atoms with Gasteiger partial charge in [0.2, 0.25) is 0 Å². The van der Waals surface area contributed by atoms with Crippen LogP contribution in [0.5, 0.6) is 0 Å². The first kappa shape index (κ1) is 23.2. The van der Waals surface area contributed by atoms with Crippen LogP contribution in [0.25, 0.3) is 65.8 Å². The first-order chi connectivity index (χ1) is 20.1. The average molecular weight is 530 g/mol. The Morgan fingerprint density at radius 3 is 2.20 bits per heavy atom. The fourth-order valence-corrected chi connectivity index (χ4v) is 5.80. The molecular weight excluding hydrogens is 506 g/mol. The predicted molar refractivity (Wildman–Crippen MR) is 168 cm³/mol. The molecule has 41 heavy (non-hydrogen) atoms. The molecule has 0 aliphatic carbocycles. The highest BCUT2D eigenvalue weighted by Gasteiger charge is 2.16. The highest BCUT2D eigenvalue weighted by molar-refractivity contribution is 6.22. The molecule has 0 saturated carbocycles. The molecular formula is C36H23N3O2. The first-order valence-electron chi connectivity index (χ1n) is 13.4. The minimum Gasteiger partial charge on any atom is -0.456 e. The lowest BCUT2D eigenvalue weighted by Gasteiger charge is -2.06. The fourth-order valence-electron chi connectivity index (χ4n) is 5.80. The second kappa shape index (κ2) is 8.93. The van der Waals surface area contributed by atoms with Crippen molar-refractivity contribution in [2.45, 2.75) is 0 Å². The van der Waals surface area contributed by atoms with Gasteiger partial charge in [0.05, 0.1) is 0 Å². The molecule has 0 atom stereocenters. The third-order valence-electron chi connectivity index (χ3n) is 7.74. The van der Waals surface area contributed by atoms with Crippen LogP contribution in [-0.2, 0) is 0 Å². The molecule has 0 unspecified atom stereocenters. The van der Waals surface area contributed by atoms with E-state index in [9.17, 15) is 0 Å². The maximum atomic E-state index is 8.80. The number of benzene rings is 6. The van der Waals surface area contributed by atoms with Crippen LogP contribution in [-0.4, -0.2) is 11.7 Å². The number of furan rings is 2. The van der Waals surface area contributed by atoms with E-state index in [0.29, 0.717) is 5.56 Å². The summed E-state index contributed by atoms with van der Waals surface area (Å²) in [6.07, 6.45) is 0. The van der Waals surface area contributed by atoms with Gasteiger partial charge < -0.3 is 14.6 Å². The van der Waals surface area contributed by atoms with E-state index < -0.39 is 0 Å². The van der Waals surface area contributed by atoms with Crippen molar-refractivity contribution < 1.29 is 8.83 Å². The SMILES string of the molecule is N=C(N=C(N)c1cccc2oc3cc(-c4ccccc4)ccc3c12)c1ccc2c(ccc3oc4ccccc4c32)c1. The van der Waals surface area contributed by atoms with Crippen molar-refractivity contribution in [2.75, 3.05) is 0 Å². The molecule has 0 amide bonds. The maximum Gasteiger partial charge on any atom is 0.154 e. The van der Waals surface area contributed by atoms with Crippen molar-refractivity contribution in [2.24, 2.45) is 10.7 Å². The molecule has 0 radical (unpaired) electrons. The monoisotopic (exact) mass is 529 g/mol. The minimum absolute atomic E-state index is 0.0951. The predicted octanol–water partition coefficient (Wildman–Crippen LogP) is 9.04. The molecule has 194 valence electrons. The van der Waals surface area contributed by atoms with Crippen LogP contribution < -0.4 is 5.73 Å². The van der Waals surface area contributed by atoms with E-state index in [1.54, 1.807) is 0 Å². The number of rotatable bonds is 3. The Morgan fingerprint density at radius 2 is 1.29 bits per heavy atom. The standard InChI is InChI=1S/C36H23N3O2/c37-35(24-14-16-25-23(19-24)15-18-31-33(25)26-9-4-5-11-29(26)40-31)39-36(38)28-10-6-12-30-34(28)27-17-13-22(20-32(27)41-30)21-7-2-1-3-8-21/h1-20H,(H3,37,38,39). The van der Waals surface area contributed by atoms with E-state index in [2.05, 4.69) is 41.4 Å². The van der Waals surface area contributed by atoms with E-state index in [4.69, 9.17) is 20.0 Å². The zero-order valence-corrected chi connectivity index (χ0v) is 21.9. The van der Waals surface area contributed by atoms with Crippen molar-refractivity contribution in [3.05, 3.63) is 132 Å². The summed E-state index contributed by atoms with van der Waals surface area (Å²) in [4.78, 5) is 4.55. The van der Waals surface area contributed by atoms with Gasteiger partial charge in [-0.05, 0) is 58.3 Å². The molecule has 2 heterocycles. The van der Waals surface area contributed by atoms with Crippen LogP contribution in [0.1, 0.15) is 11.1 Å². The number of nitrogens with zero attached hydrogens (tertiary/aromatic N) is 1. The molecule has 6 aromatic carbocycles. The molecule has 0 bridgehead atoms. The molecule has 0 fully saturated rings. The molecule has 3 N–H and O–H groups in total. The zero-order valence-electron chi connectivity index (χ0n) is 21.9. The molecule has 8 aromatic rings.